The van der Waals surface area contributed by atoms with Crippen LogP contribution in [0, 0.1) is 0 Å². The summed E-state index contributed by atoms with van der Waals surface area (Å²) in [4.78, 5) is 26.2. The molecule has 0 radical (unpaired) electrons. The van der Waals surface area contributed by atoms with Gasteiger partial charge in [-0.15, -0.1) is 0 Å². The quantitative estimate of drug-likeness (QED) is 0.827. The second-order valence-corrected chi connectivity index (χ2v) is 4.93. The molecular weight excluding hydrogens is 256 g/mol. The number of carbonyl (C=O) groups excluding carboxylic acids is 2. The van der Waals surface area contributed by atoms with E-state index in [1.807, 2.05) is 24.3 Å². The third-order valence-corrected chi connectivity index (χ3v) is 3.95. The van der Waals surface area contributed by atoms with Gasteiger partial charge in [0.1, 0.15) is 5.75 Å². The molecule has 1 unspecified atom stereocenters. The molecule has 0 spiro atoms. The van der Waals surface area contributed by atoms with E-state index in [-0.39, 0.29) is 12.2 Å². The molecule has 1 aromatic carbocycles. The number of rotatable bonds is 5. The summed E-state index contributed by atoms with van der Waals surface area (Å²) in [6.07, 6.45) is 1.51. The summed E-state index contributed by atoms with van der Waals surface area (Å²) in [7, 11) is 1.57. The van der Waals surface area contributed by atoms with Crippen molar-refractivity contribution in [3.8, 4) is 5.75 Å². The predicted molar refractivity (Wildman–Crippen MR) is 76.8 cm³/mol. The van der Waals surface area contributed by atoms with Gasteiger partial charge in [0, 0.05) is 13.0 Å². The molecule has 2 N–H and O–H groups in total. The number of para-hydroxylation sites is 2. The molecule has 2 rings (SSSR count). The van der Waals surface area contributed by atoms with Gasteiger partial charge in [-0.3, -0.25) is 9.59 Å². The van der Waals surface area contributed by atoms with Gasteiger partial charge in [0.2, 0.25) is 0 Å². The minimum atomic E-state index is -1.23. The van der Waals surface area contributed by atoms with Gasteiger partial charge >= 0.3 is 0 Å². The number of nitrogens with zero attached hydrogens (tertiary/aromatic N) is 1. The highest BCUT2D eigenvalue weighted by Crippen LogP contribution is 2.40. The van der Waals surface area contributed by atoms with Gasteiger partial charge in [-0.1, -0.05) is 19.1 Å². The zero-order valence-corrected chi connectivity index (χ0v) is 11.9. The van der Waals surface area contributed by atoms with Crippen LogP contribution in [0.2, 0.25) is 0 Å². The largest absolute Gasteiger partial charge is 0.495 e. The van der Waals surface area contributed by atoms with Crippen molar-refractivity contribution in [2.24, 2.45) is 5.73 Å². The molecule has 1 aliphatic rings. The molecule has 5 heteroatoms. The van der Waals surface area contributed by atoms with E-state index in [0.717, 1.165) is 12.1 Å². The average Bonchev–Trinajstić information content (AvgIpc) is 2.92. The second-order valence-electron chi connectivity index (χ2n) is 4.93. The zero-order chi connectivity index (χ0) is 14.8. The Morgan fingerprint density at radius 3 is 2.70 bits per heavy atom. The number of amides is 1. The van der Waals surface area contributed by atoms with Crippen LogP contribution in [-0.4, -0.2) is 30.9 Å². The van der Waals surface area contributed by atoms with Crippen LogP contribution >= 0.6 is 0 Å². The summed E-state index contributed by atoms with van der Waals surface area (Å²) in [6.45, 7) is 2.38. The lowest BCUT2D eigenvalue weighted by Crippen LogP contribution is -2.59. The van der Waals surface area contributed by atoms with E-state index >= 15 is 0 Å². The second kappa shape index (κ2) is 5.53. The lowest BCUT2D eigenvalue weighted by atomic mass is 9.88. The Morgan fingerprint density at radius 2 is 2.10 bits per heavy atom. The summed E-state index contributed by atoms with van der Waals surface area (Å²) in [5.74, 6) is -0.0647. The zero-order valence-electron chi connectivity index (χ0n) is 11.9. The molecule has 0 aromatic heterocycles. The van der Waals surface area contributed by atoms with Crippen molar-refractivity contribution in [2.75, 3.05) is 18.6 Å². The van der Waals surface area contributed by atoms with Crippen molar-refractivity contribution in [3.05, 3.63) is 24.3 Å². The number of ketones is 1. The lowest BCUT2D eigenvalue weighted by Gasteiger charge is -2.36. The fourth-order valence-electron chi connectivity index (χ4n) is 2.97. The molecule has 1 saturated heterocycles. The minimum Gasteiger partial charge on any atom is -0.495 e. The standard InChI is InChI=1S/C15H20N2O3/c1-3-13(18)15(14(16)19)9-6-10-17(15)11-7-4-5-8-12(11)20-2/h4-5,7-8H,3,6,9-10H2,1-2H3,(H2,16,19). The van der Waals surface area contributed by atoms with Gasteiger partial charge in [0.05, 0.1) is 12.8 Å². The van der Waals surface area contributed by atoms with Crippen LogP contribution in [0.5, 0.6) is 5.75 Å². The molecule has 1 aliphatic heterocycles. The number of hydrogen-bond donors (Lipinski definition) is 1. The molecule has 1 atom stereocenters. The van der Waals surface area contributed by atoms with Crippen molar-refractivity contribution in [1.29, 1.82) is 0 Å². The summed E-state index contributed by atoms with van der Waals surface area (Å²) in [6, 6.07) is 7.38. The Labute approximate surface area is 118 Å². The van der Waals surface area contributed by atoms with E-state index < -0.39 is 11.4 Å². The van der Waals surface area contributed by atoms with Crippen LogP contribution in [0.15, 0.2) is 24.3 Å². The van der Waals surface area contributed by atoms with Crippen molar-refractivity contribution in [3.63, 3.8) is 0 Å². The van der Waals surface area contributed by atoms with Crippen LogP contribution in [0.25, 0.3) is 0 Å². The number of carbonyl (C=O) groups is 2. The fourth-order valence-corrected chi connectivity index (χ4v) is 2.97. The summed E-state index contributed by atoms with van der Waals surface area (Å²) < 4.78 is 5.34. The lowest BCUT2D eigenvalue weighted by molar-refractivity contribution is -0.133. The number of ether oxygens (including phenoxy) is 1. The maximum atomic E-state index is 12.4. The van der Waals surface area contributed by atoms with E-state index in [1.54, 1.807) is 18.9 Å². The summed E-state index contributed by atoms with van der Waals surface area (Å²) >= 11 is 0. The highest BCUT2D eigenvalue weighted by molar-refractivity contribution is 6.13. The highest BCUT2D eigenvalue weighted by atomic mass is 16.5. The van der Waals surface area contributed by atoms with E-state index in [0.29, 0.717) is 18.7 Å². The Bertz CT molecular complexity index is 530. The number of nitrogens with two attached hydrogens (primary N) is 1. The van der Waals surface area contributed by atoms with Gasteiger partial charge < -0.3 is 15.4 Å². The van der Waals surface area contributed by atoms with Crippen molar-refractivity contribution in [1.82, 2.24) is 0 Å². The van der Waals surface area contributed by atoms with Crippen LogP contribution in [0.3, 0.4) is 0 Å². The number of benzene rings is 1. The average molecular weight is 276 g/mol. The number of methoxy groups -OCH3 is 1. The first-order chi connectivity index (χ1) is 9.57. The van der Waals surface area contributed by atoms with E-state index in [4.69, 9.17) is 10.5 Å². The van der Waals surface area contributed by atoms with Gasteiger partial charge in [0.15, 0.2) is 11.3 Å². The maximum Gasteiger partial charge on any atom is 0.251 e. The Kier molecular flexibility index (Phi) is 3.97. The van der Waals surface area contributed by atoms with Gasteiger partial charge in [-0.25, -0.2) is 0 Å². The molecule has 0 aliphatic carbocycles. The molecule has 5 nitrogen and oxygen atoms in total. The van der Waals surface area contributed by atoms with Crippen molar-refractivity contribution < 1.29 is 14.3 Å². The Morgan fingerprint density at radius 1 is 1.40 bits per heavy atom. The van der Waals surface area contributed by atoms with Gasteiger partial charge in [-0.05, 0) is 25.0 Å². The monoisotopic (exact) mass is 276 g/mol. The smallest absolute Gasteiger partial charge is 0.251 e. The SMILES string of the molecule is CCC(=O)C1(C(N)=O)CCCN1c1ccccc1OC. The molecule has 20 heavy (non-hydrogen) atoms. The molecule has 1 fully saturated rings. The van der Waals surface area contributed by atoms with E-state index in [1.165, 1.54) is 0 Å². The first-order valence-corrected chi connectivity index (χ1v) is 6.81. The molecule has 108 valence electrons. The summed E-state index contributed by atoms with van der Waals surface area (Å²) in [5.41, 5.74) is 5.10. The van der Waals surface area contributed by atoms with Crippen LogP contribution in [0.4, 0.5) is 5.69 Å². The van der Waals surface area contributed by atoms with Gasteiger partial charge in [-0.2, -0.15) is 0 Å². The van der Waals surface area contributed by atoms with Crippen LogP contribution in [0.1, 0.15) is 26.2 Å². The third kappa shape index (κ3) is 2.03. The normalized spacial score (nSPS) is 21.8. The molecule has 1 heterocycles. The number of anilines is 1. The first-order valence-electron chi connectivity index (χ1n) is 6.81. The number of hydrogen-bond acceptors (Lipinski definition) is 4. The molecule has 0 bridgehead atoms. The van der Waals surface area contributed by atoms with Crippen molar-refractivity contribution in [2.45, 2.75) is 31.7 Å². The Balaban J connectivity index is 2.54. The minimum absolute atomic E-state index is 0.131. The molecule has 1 amide bonds. The molecule has 1 aromatic rings. The van der Waals surface area contributed by atoms with Crippen molar-refractivity contribution >= 4 is 17.4 Å². The maximum absolute atomic E-state index is 12.4. The van der Waals surface area contributed by atoms with E-state index in [9.17, 15) is 9.59 Å². The van der Waals surface area contributed by atoms with Gasteiger partial charge in [0.25, 0.3) is 5.91 Å². The number of Topliss-reactive ketones (excluding diaryl/α,β-unsaturated/α-hetero) is 1. The fraction of sp³-hybridized carbons (Fsp3) is 0.467. The summed E-state index contributed by atoms with van der Waals surface area (Å²) in [5, 5.41) is 0. The molecular formula is C15H20N2O3. The Hall–Kier alpha value is -2.04. The predicted octanol–water partition coefficient (Wildman–Crippen LogP) is 1.50. The van der Waals surface area contributed by atoms with Crippen LogP contribution in [-0.2, 0) is 9.59 Å². The number of primary amides is 1. The highest BCUT2D eigenvalue weighted by Gasteiger charge is 2.51. The van der Waals surface area contributed by atoms with Crippen LogP contribution < -0.4 is 15.4 Å². The van der Waals surface area contributed by atoms with E-state index in [2.05, 4.69) is 0 Å². The topological polar surface area (TPSA) is 72.6 Å². The third-order valence-electron chi connectivity index (χ3n) is 3.95. The molecule has 0 saturated carbocycles. The first kappa shape index (κ1) is 14.4.